The van der Waals surface area contributed by atoms with Crippen molar-refractivity contribution >= 4 is 21.4 Å². The van der Waals surface area contributed by atoms with E-state index >= 15 is 0 Å². The molecule has 2 aromatic rings. The third-order valence-corrected chi connectivity index (χ3v) is 5.27. The monoisotopic (exact) mass is 346 g/mol. The van der Waals surface area contributed by atoms with Gasteiger partial charge in [-0.3, -0.25) is 4.79 Å². The molecular weight excluding hydrogens is 324 g/mol. The molecule has 0 saturated heterocycles. The third-order valence-electron chi connectivity index (χ3n) is 3.75. The van der Waals surface area contributed by atoms with Gasteiger partial charge >= 0.3 is 0 Å². The van der Waals surface area contributed by atoms with Crippen LogP contribution in [0.1, 0.15) is 24.2 Å². The van der Waals surface area contributed by atoms with Crippen LogP contribution in [0, 0.1) is 0 Å². The number of anilines is 1. The standard InChI is InChI=1S/C18H22N2O3S/c1-3-20(4-2)18(21)15-10-12-16(13-11-15)19-14-24(22,23)17-8-6-5-7-9-17/h5-13,19H,3-4,14H2,1-2H3. The molecule has 2 aromatic carbocycles. The number of carbonyl (C=O) groups is 1. The van der Waals surface area contributed by atoms with Crippen molar-refractivity contribution in [2.75, 3.05) is 24.3 Å². The van der Waals surface area contributed by atoms with E-state index in [0.717, 1.165) is 0 Å². The van der Waals surface area contributed by atoms with E-state index in [1.54, 1.807) is 59.5 Å². The Bertz CT molecular complexity index is 768. The lowest BCUT2D eigenvalue weighted by Gasteiger charge is -2.18. The van der Waals surface area contributed by atoms with E-state index in [2.05, 4.69) is 5.32 Å². The van der Waals surface area contributed by atoms with Gasteiger partial charge in [0.2, 0.25) is 0 Å². The average molecular weight is 346 g/mol. The normalized spacial score (nSPS) is 11.1. The zero-order valence-electron chi connectivity index (χ0n) is 13.9. The van der Waals surface area contributed by atoms with Crippen molar-refractivity contribution in [3.8, 4) is 0 Å². The smallest absolute Gasteiger partial charge is 0.253 e. The minimum absolute atomic E-state index is 0.0246. The van der Waals surface area contributed by atoms with Crippen LogP contribution in [-0.4, -0.2) is 38.2 Å². The first-order valence-corrected chi connectivity index (χ1v) is 9.54. The molecule has 0 radical (unpaired) electrons. The molecule has 0 atom stereocenters. The second kappa shape index (κ2) is 7.97. The molecule has 0 spiro atoms. The molecule has 0 unspecified atom stereocenters. The van der Waals surface area contributed by atoms with Crippen molar-refractivity contribution in [2.24, 2.45) is 0 Å². The first-order chi connectivity index (χ1) is 11.5. The fraction of sp³-hybridized carbons (Fsp3) is 0.278. The predicted octanol–water partition coefficient (Wildman–Crippen LogP) is 3.01. The third kappa shape index (κ3) is 4.35. The lowest BCUT2D eigenvalue weighted by Crippen LogP contribution is -2.30. The summed E-state index contributed by atoms with van der Waals surface area (Å²) in [6.07, 6.45) is 0. The van der Waals surface area contributed by atoms with Gasteiger partial charge in [-0.2, -0.15) is 0 Å². The highest BCUT2D eigenvalue weighted by Crippen LogP contribution is 2.14. The minimum atomic E-state index is -3.39. The van der Waals surface area contributed by atoms with Crippen LogP contribution >= 0.6 is 0 Å². The molecule has 0 saturated carbocycles. The van der Waals surface area contributed by atoms with Crippen LogP contribution < -0.4 is 5.32 Å². The van der Waals surface area contributed by atoms with Gasteiger partial charge in [-0.05, 0) is 50.2 Å². The highest BCUT2D eigenvalue weighted by atomic mass is 32.2. The van der Waals surface area contributed by atoms with E-state index in [1.807, 2.05) is 13.8 Å². The molecule has 1 N–H and O–H groups in total. The molecular formula is C18H22N2O3S. The summed E-state index contributed by atoms with van der Waals surface area (Å²) in [5.41, 5.74) is 1.25. The Morgan fingerprint density at radius 2 is 1.54 bits per heavy atom. The molecule has 0 fully saturated rings. The van der Waals surface area contributed by atoms with Gasteiger partial charge in [-0.15, -0.1) is 0 Å². The molecule has 0 bridgehead atoms. The first kappa shape index (κ1) is 18.0. The maximum absolute atomic E-state index is 12.2. The summed E-state index contributed by atoms with van der Waals surface area (Å²) in [6.45, 7) is 5.19. The highest BCUT2D eigenvalue weighted by Gasteiger charge is 2.14. The molecule has 24 heavy (non-hydrogen) atoms. The van der Waals surface area contributed by atoms with Crippen LogP contribution in [0.5, 0.6) is 0 Å². The Morgan fingerprint density at radius 3 is 2.08 bits per heavy atom. The van der Waals surface area contributed by atoms with Crippen LogP contribution in [0.15, 0.2) is 59.5 Å². The zero-order chi connectivity index (χ0) is 17.6. The highest BCUT2D eigenvalue weighted by molar-refractivity contribution is 7.91. The van der Waals surface area contributed by atoms with E-state index in [0.29, 0.717) is 24.3 Å². The molecule has 5 nitrogen and oxygen atoms in total. The quantitative estimate of drug-likeness (QED) is 0.837. The van der Waals surface area contributed by atoms with E-state index in [-0.39, 0.29) is 16.7 Å². The largest absolute Gasteiger partial charge is 0.371 e. The van der Waals surface area contributed by atoms with E-state index in [1.165, 1.54) is 0 Å². The van der Waals surface area contributed by atoms with Gasteiger partial charge in [0, 0.05) is 24.3 Å². The Morgan fingerprint density at radius 1 is 0.958 bits per heavy atom. The predicted molar refractivity (Wildman–Crippen MR) is 95.8 cm³/mol. The Labute approximate surface area is 143 Å². The molecule has 0 aromatic heterocycles. The maximum atomic E-state index is 12.2. The summed E-state index contributed by atoms with van der Waals surface area (Å²) in [4.78, 5) is 14.3. The van der Waals surface area contributed by atoms with Crippen LogP contribution in [0.3, 0.4) is 0 Å². The van der Waals surface area contributed by atoms with Gasteiger partial charge < -0.3 is 10.2 Å². The van der Waals surface area contributed by atoms with E-state index < -0.39 is 9.84 Å². The molecule has 0 aliphatic carbocycles. The van der Waals surface area contributed by atoms with Crippen molar-refractivity contribution in [1.29, 1.82) is 0 Å². The number of nitrogens with zero attached hydrogens (tertiary/aromatic N) is 1. The van der Waals surface area contributed by atoms with Crippen LogP contribution in [0.4, 0.5) is 5.69 Å². The minimum Gasteiger partial charge on any atom is -0.371 e. The van der Waals surface area contributed by atoms with Gasteiger partial charge in [0.25, 0.3) is 5.91 Å². The molecule has 6 heteroatoms. The van der Waals surface area contributed by atoms with Crippen LogP contribution in [-0.2, 0) is 9.84 Å². The fourth-order valence-corrected chi connectivity index (χ4v) is 3.41. The number of nitrogens with one attached hydrogen (secondary N) is 1. The van der Waals surface area contributed by atoms with Crippen molar-refractivity contribution in [2.45, 2.75) is 18.7 Å². The second-order valence-corrected chi connectivity index (χ2v) is 7.29. The summed E-state index contributed by atoms with van der Waals surface area (Å²) in [5, 5.41) is 2.89. The number of rotatable bonds is 7. The molecule has 128 valence electrons. The van der Waals surface area contributed by atoms with Crippen molar-refractivity contribution < 1.29 is 13.2 Å². The molecule has 2 rings (SSSR count). The number of sulfone groups is 1. The Hall–Kier alpha value is -2.34. The summed E-state index contributed by atoms with van der Waals surface area (Å²) in [6, 6.07) is 15.2. The number of carbonyl (C=O) groups excluding carboxylic acids is 1. The van der Waals surface area contributed by atoms with E-state index in [9.17, 15) is 13.2 Å². The number of amides is 1. The number of hydrogen-bond acceptors (Lipinski definition) is 4. The van der Waals surface area contributed by atoms with Gasteiger partial charge in [0.05, 0.1) is 4.90 Å². The average Bonchev–Trinajstić information content (AvgIpc) is 2.62. The van der Waals surface area contributed by atoms with Gasteiger partial charge in [0.15, 0.2) is 9.84 Å². The van der Waals surface area contributed by atoms with Crippen molar-refractivity contribution in [3.63, 3.8) is 0 Å². The van der Waals surface area contributed by atoms with Crippen LogP contribution in [0.25, 0.3) is 0 Å². The lowest BCUT2D eigenvalue weighted by atomic mass is 10.2. The molecule has 1 amide bonds. The fourth-order valence-electron chi connectivity index (χ4n) is 2.31. The Kier molecular flexibility index (Phi) is 5.98. The lowest BCUT2D eigenvalue weighted by molar-refractivity contribution is 0.0773. The Balaban J connectivity index is 2.03. The first-order valence-electron chi connectivity index (χ1n) is 7.89. The molecule has 0 aliphatic rings. The van der Waals surface area contributed by atoms with E-state index in [4.69, 9.17) is 0 Å². The van der Waals surface area contributed by atoms with Crippen molar-refractivity contribution in [1.82, 2.24) is 4.90 Å². The summed E-state index contributed by atoms with van der Waals surface area (Å²) >= 11 is 0. The van der Waals surface area contributed by atoms with Crippen molar-refractivity contribution in [3.05, 3.63) is 60.2 Å². The number of benzene rings is 2. The number of hydrogen-bond donors (Lipinski definition) is 1. The van der Waals surface area contributed by atoms with Gasteiger partial charge in [0.1, 0.15) is 5.88 Å². The topological polar surface area (TPSA) is 66.5 Å². The molecule has 0 aliphatic heterocycles. The second-order valence-electron chi connectivity index (χ2n) is 5.30. The maximum Gasteiger partial charge on any atom is 0.253 e. The summed E-state index contributed by atoms with van der Waals surface area (Å²) in [5.74, 6) is -0.219. The zero-order valence-corrected chi connectivity index (χ0v) is 14.7. The SMILES string of the molecule is CCN(CC)C(=O)c1ccc(NCS(=O)(=O)c2ccccc2)cc1. The van der Waals surface area contributed by atoms with Gasteiger partial charge in [-0.1, -0.05) is 18.2 Å². The summed E-state index contributed by atoms with van der Waals surface area (Å²) < 4.78 is 24.4. The molecule has 0 heterocycles. The van der Waals surface area contributed by atoms with Gasteiger partial charge in [-0.25, -0.2) is 8.42 Å². The summed E-state index contributed by atoms with van der Waals surface area (Å²) in [7, 11) is -3.39. The van der Waals surface area contributed by atoms with Crippen LogP contribution in [0.2, 0.25) is 0 Å².